The van der Waals surface area contributed by atoms with Gasteiger partial charge in [0.05, 0.1) is 32.7 Å². The van der Waals surface area contributed by atoms with Crippen LogP contribution in [-0.4, -0.2) is 42.6 Å². The van der Waals surface area contributed by atoms with Crippen LogP contribution in [0.3, 0.4) is 0 Å². The van der Waals surface area contributed by atoms with E-state index in [1.807, 2.05) is 18.3 Å². The van der Waals surface area contributed by atoms with Crippen LogP contribution < -0.4 is 0 Å². The van der Waals surface area contributed by atoms with E-state index < -0.39 is 0 Å². The summed E-state index contributed by atoms with van der Waals surface area (Å²) in [5, 5.41) is 0.597. The Kier molecular flexibility index (Phi) is 3.86. The Morgan fingerprint density at radius 3 is 2.76 bits per heavy atom. The lowest BCUT2D eigenvalue weighted by atomic mass is 9.83. The first kappa shape index (κ1) is 14.7. The molecule has 0 spiro atoms. The summed E-state index contributed by atoms with van der Waals surface area (Å²) < 4.78 is 19.5. The van der Waals surface area contributed by atoms with Gasteiger partial charge >= 0.3 is 0 Å². The van der Waals surface area contributed by atoms with Crippen molar-refractivity contribution < 1.29 is 13.6 Å². The van der Waals surface area contributed by atoms with E-state index in [0.29, 0.717) is 23.0 Å². The van der Waals surface area contributed by atoms with Gasteiger partial charge in [-0.25, -0.2) is 4.39 Å². The van der Waals surface area contributed by atoms with Crippen molar-refractivity contribution >= 4 is 16.9 Å². The van der Waals surface area contributed by atoms with Crippen molar-refractivity contribution in [2.75, 3.05) is 26.8 Å². The van der Waals surface area contributed by atoms with Gasteiger partial charge in [-0.2, -0.15) is 4.99 Å². The van der Waals surface area contributed by atoms with Gasteiger partial charge in [0.25, 0.3) is 5.29 Å². The number of rotatable bonds is 2. The van der Waals surface area contributed by atoms with Crippen LogP contribution in [0.1, 0.15) is 18.4 Å². The van der Waals surface area contributed by atoms with E-state index in [1.54, 1.807) is 0 Å². The molecule has 1 aromatic rings. The predicted molar refractivity (Wildman–Crippen MR) is 81.8 cm³/mol. The lowest BCUT2D eigenvalue weighted by Crippen LogP contribution is -2.61. The molecular weight excluding hydrogens is 291 g/mol. The fourth-order valence-corrected chi connectivity index (χ4v) is 3.59. The summed E-state index contributed by atoms with van der Waals surface area (Å²) >= 11 is 6.40. The highest BCUT2D eigenvalue weighted by Gasteiger charge is 2.48. The maximum absolute atomic E-state index is 13.2. The minimum Gasteiger partial charge on any atom is -0.376 e. The molecule has 5 heteroatoms. The number of amidine groups is 1. The second-order valence-electron chi connectivity index (χ2n) is 5.80. The lowest BCUT2D eigenvalue weighted by Gasteiger charge is -2.46. The predicted octanol–water partition coefficient (Wildman–Crippen LogP) is 3.27. The highest BCUT2D eigenvalue weighted by molar-refractivity contribution is 6.62. The minimum absolute atomic E-state index is 0.153. The quantitative estimate of drug-likeness (QED) is 0.607. The molecule has 1 aromatic carbocycles. The third-order valence-electron chi connectivity index (χ3n) is 4.65. The molecule has 0 amide bonds. The monoisotopic (exact) mass is 309 g/mol. The second kappa shape index (κ2) is 5.52. The van der Waals surface area contributed by atoms with Gasteiger partial charge in [-0.15, -0.1) is 0 Å². The van der Waals surface area contributed by atoms with Gasteiger partial charge in [-0.3, -0.25) is 4.48 Å². The number of hydrogen-bond donors (Lipinski definition) is 0. The van der Waals surface area contributed by atoms with Gasteiger partial charge in [0.2, 0.25) is 0 Å². The largest absolute Gasteiger partial charge is 0.376 e. The third-order valence-corrected chi connectivity index (χ3v) is 5.14. The Bertz CT molecular complexity index is 599. The highest BCUT2D eigenvalue weighted by atomic mass is 35.5. The summed E-state index contributed by atoms with van der Waals surface area (Å²) in [5.74, 6) is -0.0676. The maximum Gasteiger partial charge on any atom is 0.300 e. The van der Waals surface area contributed by atoms with Crippen LogP contribution in [-0.2, 0) is 4.74 Å². The van der Waals surface area contributed by atoms with E-state index in [9.17, 15) is 4.39 Å². The molecule has 3 nitrogen and oxygen atoms in total. The topological polar surface area (TPSA) is 21.6 Å². The number of nitrogens with zero attached hydrogens (tertiary/aromatic N) is 2. The van der Waals surface area contributed by atoms with E-state index in [1.165, 1.54) is 12.1 Å². The number of quaternary nitrogens is 1. The van der Waals surface area contributed by atoms with E-state index in [-0.39, 0.29) is 17.8 Å². The smallest absolute Gasteiger partial charge is 0.300 e. The van der Waals surface area contributed by atoms with Gasteiger partial charge < -0.3 is 4.74 Å². The Labute approximate surface area is 129 Å². The number of fused-ring (bicyclic) bond motifs is 1. The summed E-state index contributed by atoms with van der Waals surface area (Å²) in [7, 11) is 2.10. The number of likely N-dealkylation sites (N-methyl/N-ethyl adjacent to an activating group) is 1. The summed E-state index contributed by atoms with van der Waals surface area (Å²) in [4.78, 5) is 4.33. The van der Waals surface area contributed by atoms with Crippen LogP contribution in [0.2, 0.25) is 0 Å². The maximum atomic E-state index is 13.2. The molecule has 3 unspecified atom stereocenters. The van der Waals surface area contributed by atoms with Crippen LogP contribution in [0.25, 0.3) is 0 Å². The van der Waals surface area contributed by atoms with Crippen molar-refractivity contribution in [3.05, 3.63) is 47.4 Å². The van der Waals surface area contributed by atoms with Crippen LogP contribution in [0.4, 0.5) is 4.39 Å². The van der Waals surface area contributed by atoms with Crippen LogP contribution >= 0.6 is 11.6 Å². The zero-order valence-corrected chi connectivity index (χ0v) is 13.0. The first-order chi connectivity index (χ1) is 10.1. The molecule has 3 atom stereocenters. The second-order valence-corrected chi connectivity index (χ2v) is 6.14. The van der Waals surface area contributed by atoms with Gasteiger partial charge in [0.1, 0.15) is 11.9 Å². The minimum atomic E-state index is -0.220. The van der Waals surface area contributed by atoms with Crippen molar-refractivity contribution in [3.8, 4) is 0 Å². The molecule has 1 saturated heterocycles. The average molecular weight is 310 g/mol. The zero-order chi connectivity index (χ0) is 15.0. The van der Waals surface area contributed by atoms with E-state index in [4.69, 9.17) is 16.3 Å². The number of halogens is 2. The Balaban J connectivity index is 2.04. The van der Waals surface area contributed by atoms with Gasteiger partial charge in [0, 0.05) is 23.4 Å². The summed E-state index contributed by atoms with van der Waals surface area (Å²) in [6.45, 7) is 4.16. The zero-order valence-electron chi connectivity index (χ0n) is 12.2. The molecule has 2 heterocycles. The Hall–Kier alpha value is -1.23. The van der Waals surface area contributed by atoms with Crippen molar-refractivity contribution in [1.29, 1.82) is 0 Å². The SMILES string of the molecule is CC[N+]1(C)C(Cl)=NC=C2COCC(c3ccc(F)cc3)C21. The molecule has 0 radical (unpaired) electrons. The van der Waals surface area contributed by atoms with Crippen LogP contribution in [0, 0.1) is 5.82 Å². The third kappa shape index (κ3) is 2.41. The summed E-state index contributed by atoms with van der Waals surface area (Å²) in [5.41, 5.74) is 2.24. The number of hydrogen-bond acceptors (Lipinski definition) is 2. The normalized spacial score (nSPS) is 32.2. The molecule has 0 aromatic heterocycles. The summed E-state index contributed by atoms with van der Waals surface area (Å²) in [6.07, 6.45) is 1.83. The lowest BCUT2D eigenvalue weighted by molar-refractivity contribution is -0.841. The number of benzene rings is 1. The molecule has 2 aliphatic rings. The molecule has 0 saturated carbocycles. The first-order valence-electron chi connectivity index (χ1n) is 7.17. The first-order valence-corrected chi connectivity index (χ1v) is 7.55. The molecule has 0 N–H and O–H groups in total. The molecule has 112 valence electrons. The molecule has 2 aliphatic heterocycles. The van der Waals surface area contributed by atoms with E-state index in [2.05, 4.69) is 19.0 Å². The fourth-order valence-electron chi connectivity index (χ4n) is 3.31. The number of aliphatic imine (C=N–C) groups is 1. The van der Waals surface area contributed by atoms with Crippen molar-refractivity contribution in [2.24, 2.45) is 4.99 Å². The standard InChI is InChI=1S/C16H19ClFN2O/c1-3-20(2)15-12(8-19-16(20)17)9-21-10-14(15)11-4-6-13(18)7-5-11/h4-8,14-15H,3,9-10H2,1-2H3/q+1. The van der Waals surface area contributed by atoms with Crippen molar-refractivity contribution in [1.82, 2.24) is 0 Å². The molecular formula is C16H19ClFN2O+. The van der Waals surface area contributed by atoms with Crippen molar-refractivity contribution in [2.45, 2.75) is 18.9 Å². The molecule has 0 aliphatic carbocycles. The fraction of sp³-hybridized carbons (Fsp3) is 0.438. The molecule has 21 heavy (non-hydrogen) atoms. The molecule has 1 fully saturated rings. The average Bonchev–Trinajstić information content (AvgIpc) is 2.51. The summed E-state index contributed by atoms with van der Waals surface area (Å²) in [6, 6.07) is 6.88. The molecule has 0 bridgehead atoms. The molecule has 3 rings (SSSR count). The van der Waals surface area contributed by atoms with E-state index in [0.717, 1.165) is 17.7 Å². The number of ether oxygens (including phenoxy) is 1. The van der Waals surface area contributed by atoms with Crippen LogP contribution in [0.15, 0.2) is 41.0 Å². The van der Waals surface area contributed by atoms with Gasteiger partial charge in [-0.1, -0.05) is 12.1 Å². The Morgan fingerprint density at radius 2 is 2.10 bits per heavy atom. The Morgan fingerprint density at radius 1 is 1.38 bits per heavy atom. The van der Waals surface area contributed by atoms with Gasteiger partial charge in [0.15, 0.2) is 0 Å². The van der Waals surface area contributed by atoms with E-state index >= 15 is 0 Å². The highest BCUT2D eigenvalue weighted by Crippen LogP contribution is 2.39. The van der Waals surface area contributed by atoms with Crippen molar-refractivity contribution in [3.63, 3.8) is 0 Å². The van der Waals surface area contributed by atoms with Gasteiger partial charge in [-0.05, 0) is 24.6 Å². The van der Waals surface area contributed by atoms with Crippen LogP contribution in [0.5, 0.6) is 0 Å².